The molecule has 0 aliphatic heterocycles. The lowest BCUT2D eigenvalue weighted by molar-refractivity contribution is -0.106. The molecule has 0 amide bonds. The summed E-state index contributed by atoms with van der Waals surface area (Å²) in [6, 6.07) is 13.7. The molecule has 116 valence electrons. The largest absolute Gasteiger partial charge is 0.468 e. The van der Waals surface area contributed by atoms with Gasteiger partial charge in [0, 0.05) is 4.88 Å². The Morgan fingerprint density at radius 1 is 1.32 bits per heavy atom. The van der Waals surface area contributed by atoms with Gasteiger partial charge in [0.15, 0.2) is 6.29 Å². The second kappa shape index (κ2) is 8.51. The maximum atomic E-state index is 11.1. The fourth-order valence-electron chi connectivity index (χ4n) is 1.68. The number of carbonyl (C=O) groups excluding carboxylic acids is 1. The summed E-state index contributed by atoms with van der Waals surface area (Å²) >= 11 is 2.72. The number of hydrogen-bond donors (Lipinski definition) is 1. The van der Waals surface area contributed by atoms with Gasteiger partial charge in [0.1, 0.15) is 6.10 Å². The zero-order chi connectivity index (χ0) is 15.8. The van der Waals surface area contributed by atoms with Crippen molar-refractivity contribution >= 4 is 29.7 Å². The lowest BCUT2D eigenvalue weighted by Crippen LogP contribution is -2.11. The topological polar surface area (TPSA) is 61.5 Å². The first kappa shape index (κ1) is 16.5. The second-order valence-corrected chi connectivity index (χ2v) is 6.12. The Bertz CT molecular complexity index is 612. The number of thiophene rings is 1. The Morgan fingerprint density at radius 3 is 2.73 bits per heavy atom. The van der Waals surface area contributed by atoms with Gasteiger partial charge in [0.2, 0.25) is 11.6 Å². The van der Waals surface area contributed by atoms with Crippen molar-refractivity contribution in [2.75, 3.05) is 0 Å². The molecule has 2 aromatic rings. The van der Waals surface area contributed by atoms with Gasteiger partial charge in [-0.15, -0.1) is 11.3 Å². The quantitative estimate of drug-likeness (QED) is 0.342. The Balaban J connectivity index is 1.89. The van der Waals surface area contributed by atoms with Crippen LogP contribution in [-0.4, -0.2) is 6.29 Å². The lowest BCUT2D eigenvalue weighted by atomic mass is 10.2. The van der Waals surface area contributed by atoms with E-state index in [1.165, 1.54) is 0 Å². The van der Waals surface area contributed by atoms with Crippen molar-refractivity contribution in [3.63, 3.8) is 0 Å². The van der Waals surface area contributed by atoms with Gasteiger partial charge in [-0.2, -0.15) is 0 Å². The third-order valence-corrected chi connectivity index (χ3v) is 4.60. The van der Waals surface area contributed by atoms with Gasteiger partial charge >= 0.3 is 0 Å². The van der Waals surface area contributed by atoms with E-state index in [0.717, 1.165) is 22.5 Å². The van der Waals surface area contributed by atoms with Crippen LogP contribution in [-0.2, 0) is 19.5 Å². The van der Waals surface area contributed by atoms with E-state index in [0.29, 0.717) is 12.0 Å². The fraction of sp³-hybridized carbons (Fsp3) is 0.188. The summed E-state index contributed by atoms with van der Waals surface area (Å²) in [5, 5.41) is 1.96. The van der Waals surface area contributed by atoms with E-state index in [9.17, 15) is 4.79 Å². The summed E-state index contributed by atoms with van der Waals surface area (Å²) in [4.78, 5) is 12.1. The van der Waals surface area contributed by atoms with Gasteiger partial charge in [0.05, 0.1) is 17.8 Å². The molecule has 1 aromatic heterocycles. The number of hydrogen-bond acceptors (Lipinski definition) is 6. The molecule has 0 bridgehead atoms. The first-order valence-corrected chi connectivity index (χ1v) is 8.48. The number of rotatable bonds is 8. The summed E-state index contributed by atoms with van der Waals surface area (Å²) in [5.74, 6) is 0.618. The number of nitrogens with two attached hydrogens (primary N) is 1. The van der Waals surface area contributed by atoms with Gasteiger partial charge in [-0.1, -0.05) is 36.4 Å². The zero-order valence-electron chi connectivity index (χ0n) is 12.1. The molecule has 0 aliphatic rings. The lowest BCUT2D eigenvalue weighted by Gasteiger charge is -2.14. The van der Waals surface area contributed by atoms with Crippen LogP contribution in [0.2, 0.25) is 0 Å². The molecule has 1 aromatic carbocycles. The van der Waals surface area contributed by atoms with Gasteiger partial charge in [-0.25, -0.2) is 0 Å². The average molecular weight is 335 g/mol. The minimum atomic E-state index is -0.224. The highest BCUT2D eigenvalue weighted by molar-refractivity contribution is 7.94. The second-order valence-electron chi connectivity index (χ2n) is 4.45. The Labute approximate surface area is 138 Å². The SMILES string of the molecule is CC(O/C(N)=C(\C=O)OSCc1ccccc1)c1cccs1. The summed E-state index contributed by atoms with van der Waals surface area (Å²) in [6.07, 6.45) is 0.340. The molecule has 22 heavy (non-hydrogen) atoms. The van der Waals surface area contributed by atoms with Crippen molar-refractivity contribution in [1.29, 1.82) is 0 Å². The summed E-state index contributed by atoms with van der Waals surface area (Å²) in [5.41, 5.74) is 6.91. The van der Waals surface area contributed by atoms with Crippen LogP contribution in [0.4, 0.5) is 0 Å². The van der Waals surface area contributed by atoms with Crippen molar-refractivity contribution in [1.82, 2.24) is 0 Å². The van der Waals surface area contributed by atoms with E-state index in [2.05, 4.69) is 0 Å². The Kier molecular flexibility index (Phi) is 6.36. The molecule has 0 radical (unpaired) electrons. The van der Waals surface area contributed by atoms with E-state index in [4.69, 9.17) is 14.7 Å². The molecule has 2 rings (SSSR count). The van der Waals surface area contributed by atoms with Gasteiger partial charge in [-0.3, -0.25) is 4.79 Å². The maximum absolute atomic E-state index is 11.1. The van der Waals surface area contributed by atoms with Crippen LogP contribution in [0.3, 0.4) is 0 Å². The van der Waals surface area contributed by atoms with E-state index in [1.54, 1.807) is 11.3 Å². The van der Waals surface area contributed by atoms with Crippen molar-refractivity contribution in [2.24, 2.45) is 5.73 Å². The molecular weight excluding hydrogens is 318 g/mol. The molecule has 1 unspecified atom stereocenters. The molecule has 0 saturated carbocycles. The predicted octanol–water partition coefficient (Wildman–Crippen LogP) is 4.02. The van der Waals surface area contributed by atoms with Crippen LogP contribution in [0, 0.1) is 0 Å². The standard InChI is InChI=1S/C16H17NO3S2/c1-12(15-8-5-9-21-15)19-16(17)14(10-18)20-22-11-13-6-3-2-4-7-13/h2-10,12H,11,17H2,1H3/b16-14+. The van der Waals surface area contributed by atoms with Crippen LogP contribution in [0.5, 0.6) is 0 Å². The molecule has 4 nitrogen and oxygen atoms in total. The first-order valence-electron chi connectivity index (χ1n) is 6.69. The van der Waals surface area contributed by atoms with Gasteiger partial charge < -0.3 is 14.7 Å². The van der Waals surface area contributed by atoms with Crippen molar-refractivity contribution in [2.45, 2.75) is 18.8 Å². The molecule has 0 aliphatic carbocycles. The molecule has 6 heteroatoms. The highest BCUT2D eigenvalue weighted by Crippen LogP contribution is 2.25. The summed E-state index contributed by atoms with van der Waals surface area (Å²) in [7, 11) is 0. The highest BCUT2D eigenvalue weighted by atomic mass is 32.2. The molecule has 0 spiro atoms. The van der Waals surface area contributed by atoms with E-state index < -0.39 is 0 Å². The number of carbonyl (C=O) groups is 1. The van der Waals surface area contributed by atoms with Gasteiger partial charge in [0.25, 0.3) is 0 Å². The van der Waals surface area contributed by atoms with E-state index in [-0.39, 0.29) is 17.7 Å². The normalized spacial score (nSPS) is 13.1. The zero-order valence-corrected chi connectivity index (χ0v) is 13.7. The van der Waals surface area contributed by atoms with E-state index in [1.807, 2.05) is 54.8 Å². The van der Waals surface area contributed by atoms with Crippen LogP contribution in [0.1, 0.15) is 23.5 Å². The number of benzene rings is 1. The fourth-order valence-corrected chi connectivity index (χ4v) is 3.03. The Morgan fingerprint density at radius 2 is 2.09 bits per heavy atom. The predicted molar refractivity (Wildman–Crippen MR) is 89.9 cm³/mol. The third-order valence-electron chi connectivity index (χ3n) is 2.81. The number of aldehydes is 1. The number of allylic oxidation sites excluding steroid dienone is 1. The first-order chi connectivity index (χ1) is 10.7. The minimum absolute atomic E-state index is 0.00328. The molecule has 1 atom stereocenters. The van der Waals surface area contributed by atoms with Crippen molar-refractivity contribution < 1.29 is 13.7 Å². The third kappa shape index (κ3) is 4.82. The minimum Gasteiger partial charge on any atom is -0.468 e. The monoisotopic (exact) mass is 335 g/mol. The van der Waals surface area contributed by atoms with Crippen molar-refractivity contribution in [3.05, 3.63) is 69.9 Å². The Hall–Kier alpha value is -1.92. The molecule has 2 N–H and O–H groups in total. The van der Waals surface area contributed by atoms with Crippen LogP contribution >= 0.6 is 23.4 Å². The summed E-state index contributed by atoms with van der Waals surface area (Å²) < 4.78 is 10.9. The van der Waals surface area contributed by atoms with Crippen LogP contribution < -0.4 is 5.73 Å². The van der Waals surface area contributed by atoms with Crippen LogP contribution in [0.25, 0.3) is 0 Å². The average Bonchev–Trinajstić information content (AvgIpc) is 3.07. The van der Waals surface area contributed by atoms with E-state index >= 15 is 0 Å². The molecule has 1 heterocycles. The highest BCUT2D eigenvalue weighted by Gasteiger charge is 2.13. The summed E-state index contributed by atoms with van der Waals surface area (Å²) in [6.45, 7) is 1.87. The van der Waals surface area contributed by atoms with Gasteiger partial charge in [-0.05, 0) is 23.9 Å². The molecule has 0 saturated heterocycles. The van der Waals surface area contributed by atoms with Crippen LogP contribution in [0.15, 0.2) is 59.5 Å². The smallest absolute Gasteiger partial charge is 0.236 e. The maximum Gasteiger partial charge on any atom is 0.236 e. The number of ether oxygens (including phenoxy) is 1. The molecule has 0 fully saturated rings. The molecular formula is C16H17NO3S2. The van der Waals surface area contributed by atoms with Crippen molar-refractivity contribution in [3.8, 4) is 0 Å².